The first-order valence-corrected chi connectivity index (χ1v) is 9.68. The topological polar surface area (TPSA) is 60.9 Å². The lowest BCUT2D eigenvalue weighted by Gasteiger charge is -2.09. The first-order chi connectivity index (χ1) is 14.9. The summed E-state index contributed by atoms with van der Waals surface area (Å²) >= 11 is 0. The van der Waals surface area contributed by atoms with Crippen molar-refractivity contribution in [1.29, 1.82) is 0 Å². The molecule has 6 heteroatoms. The van der Waals surface area contributed by atoms with Gasteiger partial charge in [-0.25, -0.2) is 9.97 Å². The maximum absolute atomic E-state index is 4.86. The van der Waals surface area contributed by atoms with Crippen molar-refractivity contribution in [1.82, 2.24) is 29.4 Å². The Balaban J connectivity index is 1.62. The zero-order valence-electron chi connectivity index (χ0n) is 15.9. The number of imidazole rings is 1. The Bertz CT molecular complexity index is 1480. The second-order valence-corrected chi connectivity index (χ2v) is 7.01. The van der Waals surface area contributed by atoms with Gasteiger partial charge in [-0.1, -0.05) is 78.0 Å². The molecule has 0 amide bonds. The standard InChI is InChI=1S/C24H16N6/c1-3-9-17(10-4-1)20-16-29(28-27-20)24-23-25-15-22(18-11-5-2-6-12-18)30(23)21-14-8-7-13-19(21)26-24/h1-16H. The molecule has 3 aromatic carbocycles. The van der Waals surface area contributed by atoms with Crippen LogP contribution in [0.3, 0.4) is 0 Å². The number of benzene rings is 3. The number of fused-ring (bicyclic) bond motifs is 3. The molecule has 0 aliphatic heterocycles. The van der Waals surface area contributed by atoms with Gasteiger partial charge < -0.3 is 0 Å². The predicted octanol–water partition coefficient (Wildman–Crippen LogP) is 4.80. The van der Waals surface area contributed by atoms with Crippen molar-refractivity contribution in [2.45, 2.75) is 0 Å². The molecule has 0 N–H and O–H groups in total. The number of para-hydroxylation sites is 2. The monoisotopic (exact) mass is 388 g/mol. The molecule has 0 fully saturated rings. The normalized spacial score (nSPS) is 11.3. The average molecular weight is 388 g/mol. The van der Waals surface area contributed by atoms with Gasteiger partial charge in [0.15, 0.2) is 11.5 Å². The number of rotatable bonds is 3. The van der Waals surface area contributed by atoms with E-state index in [-0.39, 0.29) is 0 Å². The maximum Gasteiger partial charge on any atom is 0.199 e. The minimum absolute atomic E-state index is 0.644. The maximum atomic E-state index is 4.86. The zero-order valence-corrected chi connectivity index (χ0v) is 15.9. The fourth-order valence-corrected chi connectivity index (χ4v) is 3.74. The third-order valence-corrected chi connectivity index (χ3v) is 5.16. The van der Waals surface area contributed by atoms with E-state index < -0.39 is 0 Å². The number of hydrogen-bond donors (Lipinski definition) is 0. The molecule has 0 saturated heterocycles. The van der Waals surface area contributed by atoms with E-state index in [1.807, 2.05) is 79.1 Å². The predicted molar refractivity (Wildman–Crippen MR) is 116 cm³/mol. The van der Waals surface area contributed by atoms with Gasteiger partial charge in [0.25, 0.3) is 0 Å². The van der Waals surface area contributed by atoms with Gasteiger partial charge in [0, 0.05) is 11.1 Å². The highest BCUT2D eigenvalue weighted by molar-refractivity contribution is 5.84. The molecule has 0 spiro atoms. The van der Waals surface area contributed by atoms with E-state index in [1.54, 1.807) is 4.68 Å². The molecule has 3 aromatic heterocycles. The second kappa shape index (κ2) is 6.63. The van der Waals surface area contributed by atoms with Crippen molar-refractivity contribution in [2.75, 3.05) is 0 Å². The average Bonchev–Trinajstić information content (AvgIpc) is 3.48. The SMILES string of the molecule is c1ccc(-c2cn(-c3nc4ccccc4n4c(-c5ccccc5)cnc34)nn2)cc1. The van der Waals surface area contributed by atoms with Crippen molar-refractivity contribution in [3.8, 4) is 28.3 Å². The Hall–Kier alpha value is -4.32. The van der Waals surface area contributed by atoms with E-state index in [2.05, 4.69) is 32.9 Å². The van der Waals surface area contributed by atoms with Gasteiger partial charge in [-0.15, -0.1) is 5.10 Å². The molecule has 30 heavy (non-hydrogen) atoms. The van der Waals surface area contributed by atoms with E-state index in [0.29, 0.717) is 5.82 Å². The number of hydrogen-bond acceptors (Lipinski definition) is 4. The van der Waals surface area contributed by atoms with Crippen molar-refractivity contribution < 1.29 is 0 Å². The van der Waals surface area contributed by atoms with Crippen molar-refractivity contribution in [2.24, 2.45) is 0 Å². The van der Waals surface area contributed by atoms with Crippen LogP contribution in [-0.2, 0) is 0 Å². The summed E-state index contributed by atoms with van der Waals surface area (Å²) in [5, 5.41) is 8.70. The largest absolute Gasteiger partial charge is 0.288 e. The highest BCUT2D eigenvalue weighted by atomic mass is 15.4. The zero-order chi connectivity index (χ0) is 19.9. The van der Waals surface area contributed by atoms with Gasteiger partial charge in [-0.05, 0) is 12.1 Å². The van der Waals surface area contributed by atoms with Crippen LogP contribution in [0.5, 0.6) is 0 Å². The van der Waals surface area contributed by atoms with E-state index in [4.69, 9.17) is 9.97 Å². The van der Waals surface area contributed by atoms with Crippen LogP contribution in [0.4, 0.5) is 0 Å². The van der Waals surface area contributed by atoms with Crippen LogP contribution in [0.25, 0.3) is 45.0 Å². The highest BCUT2D eigenvalue weighted by Crippen LogP contribution is 2.28. The molecule has 0 unspecified atom stereocenters. The molecule has 6 rings (SSSR count). The van der Waals surface area contributed by atoms with Crippen LogP contribution in [-0.4, -0.2) is 29.4 Å². The van der Waals surface area contributed by atoms with Gasteiger partial charge in [0.2, 0.25) is 0 Å². The Labute approximate surface area is 172 Å². The molecular formula is C24H16N6. The quantitative estimate of drug-likeness (QED) is 0.437. The molecule has 6 nitrogen and oxygen atoms in total. The fraction of sp³-hybridized carbons (Fsp3) is 0. The lowest BCUT2D eigenvalue weighted by Crippen LogP contribution is -2.04. The summed E-state index contributed by atoms with van der Waals surface area (Å²) in [4.78, 5) is 9.58. The van der Waals surface area contributed by atoms with Gasteiger partial charge >= 0.3 is 0 Å². The van der Waals surface area contributed by atoms with E-state index in [9.17, 15) is 0 Å². The molecule has 142 valence electrons. The number of aromatic nitrogens is 6. The summed E-state index contributed by atoms with van der Waals surface area (Å²) in [6.07, 6.45) is 3.78. The highest BCUT2D eigenvalue weighted by Gasteiger charge is 2.17. The van der Waals surface area contributed by atoms with Crippen molar-refractivity contribution in [3.63, 3.8) is 0 Å². The summed E-state index contributed by atoms with van der Waals surface area (Å²) in [6, 6.07) is 28.3. The molecule has 0 bridgehead atoms. The summed E-state index contributed by atoms with van der Waals surface area (Å²) < 4.78 is 3.84. The van der Waals surface area contributed by atoms with Crippen LogP contribution in [0.15, 0.2) is 97.3 Å². The fourth-order valence-electron chi connectivity index (χ4n) is 3.74. The lowest BCUT2D eigenvalue weighted by atomic mass is 10.1. The summed E-state index contributed by atoms with van der Waals surface area (Å²) in [5.41, 5.74) is 6.50. The molecule has 0 saturated carbocycles. The first-order valence-electron chi connectivity index (χ1n) is 9.68. The van der Waals surface area contributed by atoms with E-state index in [0.717, 1.165) is 39.2 Å². The van der Waals surface area contributed by atoms with Crippen LogP contribution >= 0.6 is 0 Å². The Kier molecular flexibility index (Phi) is 3.67. The molecule has 0 radical (unpaired) electrons. The van der Waals surface area contributed by atoms with Gasteiger partial charge in [-0.3, -0.25) is 4.40 Å². The van der Waals surface area contributed by atoms with Crippen molar-refractivity contribution in [3.05, 3.63) is 97.3 Å². The summed E-state index contributed by atoms with van der Waals surface area (Å²) in [5.74, 6) is 0.644. The Morgan fingerprint density at radius 1 is 0.700 bits per heavy atom. The summed E-state index contributed by atoms with van der Waals surface area (Å²) in [7, 11) is 0. The smallest absolute Gasteiger partial charge is 0.199 e. The minimum Gasteiger partial charge on any atom is -0.288 e. The Morgan fingerprint density at radius 2 is 1.40 bits per heavy atom. The van der Waals surface area contributed by atoms with Crippen LogP contribution < -0.4 is 0 Å². The third-order valence-electron chi connectivity index (χ3n) is 5.16. The van der Waals surface area contributed by atoms with E-state index in [1.165, 1.54) is 0 Å². The molecule has 6 aromatic rings. The molecule has 0 atom stereocenters. The van der Waals surface area contributed by atoms with E-state index >= 15 is 0 Å². The Morgan fingerprint density at radius 3 is 2.20 bits per heavy atom. The minimum atomic E-state index is 0.644. The van der Waals surface area contributed by atoms with Crippen LogP contribution in [0, 0.1) is 0 Å². The molecular weight excluding hydrogens is 372 g/mol. The molecule has 3 heterocycles. The molecule has 0 aliphatic carbocycles. The van der Waals surface area contributed by atoms with Crippen molar-refractivity contribution >= 4 is 16.7 Å². The number of nitrogens with zero attached hydrogens (tertiary/aromatic N) is 6. The van der Waals surface area contributed by atoms with Crippen LogP contribution in [0.2, 0.25) is 0 Å². The second-order valence-electron chi connectivity index (χ2n) is 7.01. The summed E-state index contributed by atoms with van der Waals surface area (Å²) in [6.45, 7) is 0. The van der Waals surface area contributed by atoms with Crippen LogP contribution in [0.1, 0.15) is 0 Å². The third kappa shape index (κ3) is 2.58. The van der Waals surface area contributed by atoms with Gasteiger partial charge in [0.1, 0.15) is 5.69 Å². The molecule has 0 aliphatic rings. The van der Waals surface area contributed by atoms with Gasteiger partial charge in [-0.2, -0.15) is 4.68 Å². The van der Waals surface area contributed by atoms with Gasteiger partial charge in [0.05, 0.1) is 29.1 Å². The first kappa shape index (κ1) is 16.6. The lowest BCUT2D eigenvalue weighted by molar-refractivity contribution is 0.785.